The first-order valence-corrected chi connectivity index (χ1v) is 10.6. The average molecular weight is 428 g/mol. The van der Waals surface area contributed by atoms with Gasteiger partial charge in [0, 0.05) is 11.8 Å². The van der Waals surface area contributed by atoms with Gasteiger partial charge in [-0.1, -0.05) is 55.5 Å². The fraction of sp³-hybridized carbons (Fsp3) is 0.192. The van der Waals surface area contributed by atoms with Crippen molar-refractivity contribution in [1.29, 1.82) is 0 Å². The van der Waals surface area contributed by atoms with Crippen LogP contribution in [0.2, 0.25) is 0 Å². The lowest BCUT2D eigenvalue weighted by atomic mass is 9.95. The van der Waals surface area contributed by atoms with Gasteiger partial charge in [-0.25, -0.2) is 0 Å². The van der Waals surface area contributed by atoms with E-state index in [0.29, 0.717) is 23.6 Å². The topological polar surface area (TPSA) is 79.7 Å². The number of aliphatic hydroxyl groups excluding tert-OH is 1. The summed E-state index contributed by atoms with van der Waals surface area (Å²) in [6.45, 7) is 2.71. The quantitative estimate of drug-likeness (QED) is 0.341. The summed E-state index contributed by atoms with van der Waals surface area (Å²) < 4.78 is 5.66. The molecule has 32 heavy (non-hydrogen) atoms. The largest absolute Gasteiger partial charge is 0.507 e. The normalized spacial score (nSPS) is 17.5. The number of amides is 1. The second kappa shape index (κ2) is 9.47. The van der Waals surface area contributed by atoms with Gasteiger partial charge in [-0.2, -0.15) is 0 Å². The lowest BCUT2D eigenvalue weighted by Crippen LogP contribution is -2.29. The molecule has 1 fully saturated rings. The maximum atomic E-state index is 13.1. The molecule has 0 aliphatic carbocycles. The van der Waals surface area contributed by atoms with Crippen LogP contribution in [0, 0.1) is 0 Å². The van der Waals surface area contributed by atoms with Crippen LogP contribution in [0.5, 0.6) is 5.75 Å². The van der Waals surface area contributed by atoms with Crippen LogP contribution in [-0.4, -0.2) is 33.3 Å². The number of carbonyl (C=O) groups excluding carboxylic acids is 2. The van der Waals surface area contributed by atoms with Crippen LogP contribution >= 0.6 is 0 Å². The van der Waals surface area contributed by atoms with Gasteiger partial charge in [0.05, 0.1) is 30.5 Å². The summed E-state index contributed by atoms with van der Waals surface area (Å²) in [6.07, 6.45) is 2.49. The Morgan fingerprint density at radius 3 is 2.53 bits per heavy atom. The van der Waals surface area contributed by atoms with E-state index in [2.05, 4.69) is 4.98 Å². The number of ketones is 1. The summed E-state index contributed by atoms with van der Waals surface area (Å²) in [6, 6.07) is 20.9. The van der Waals surface area contributed by atoms with Gasteiger partial charge in [0.2, 0.25) is 0 Å². The number of Topliss-reactive ketones (excluding diaryl/α,β-unsaturated/α-hetero) is 1. The van der Waals surface area contributed by atoms with Crippen molar-refractivity contribution >= 4 is 17.4 Å². The molecule has 0 spiro atoms. The number of carbonyl (C=O) groups is 2. The van der Waals surface area contributed by atoms with Gasteiger partial charge in [0.15, 0.2) is 0 Å². The van der Waals surface area contributed by atoms with Crippen LogP contribution in [0.4, 0.5) is 0 Å². The van der Waals surface area contributed by atoms with Crippen molar-refractivity contribution in [2.24, 2.45) is 0 Å². The van der Waals surface area contributed by atoms with Crippen molar-refractivity contribution in [3.05, 3.63) is 101 Å². The molecule has 2 aromatic carbocycles. The van der Waals surface area contributed by atoms with E-state index in [4.69, 9.17) is 4.74 Å². The molecule has 1 aliphatic heterocycles. The lowest BCUT2D eigenvalue weighted by molar-refractivity contribution is -0.140. The highest BCUT2D eigenvalue weighted by Gasteiger charge is 2.46. The fourth-order valence-electron chi connectivity index (χ4n) is 3.80. The number of ether oxygens (including phenoxy) is 1. The third-order valence-corrected chi connectivity index (χ3v) is 5.29. The van der Waals surface area contributed by atoms with Gasteiger partial charge >= 0.3 is 0 Å². The molecule has 1 saturated heterocycles. The molecule has 3 aromatic rings. The number of nitrogens with zero attached hydrogens (tertiary/aromatic N) is 2. The number of hydrogen-bond donors (Lipinski definition) is 1. The molecule has 1 aromatic heterocycles. The maximum Gasteiger partial charge on any atom is 0.296 e. The summed E-state index contributed by atoms with van der Waals surface area (Å²) in [7, 11) is 0. The van der Waals surface area contributed by atoms with Crippen LogP contribution < -0.4 is 4.74 Å². The third kappa shape index (κ3) is 4.25. The molecule has 1 amide bonds. The van der Waals surface area contributed by atoms with E-state index in [1.165, 1.54) is 4.90 Å². The number of likely N-dealkylation sites (tertiary alicyclic amines) is 1. The highest BCUT2D eigenvalue weighted by atomic mass is 16.5. The van der Waals surface area contributed by atoms with Crippen molar-refractivity contribution in [1.82, 2.24) is 9.88 Å². The molecular weight excluding hydrogens is 404 g/mol. The van der Waals surface area contributed by atoms with Gasteiger partial charge in [-0.05, 0) is 36.2 Å². The van der Waals surface area contributed by atoms with Crippen molar-refractivity contribution in [2.45, 2.75) is 25.9 Å². The molecule has 4 rings (SSSR count). The third-order valence-electron chi connectivity index (χ3n) is 5.29. The smallest absolute Gasteiger partial charge is 0.296 e. The van der Waals surface area contributed by atoms with E-state index >= 15 is 0 Å². The number of rotatable bonds is 7. The predicted molar refractivity (Wildman–Crippen MR) is 121 cm³/mol. The SMILES string of the molecule is CCCOc1cccc(/C(O)=C2/C(=O)C(=O)N(Cc3ccccn3)C2c2ccccc2)c1. The molecule has 0 bridgehead atoms. The molecule has 1 atom stereocenters. The van der Waals surface area contributed by atoms with Crippen LogP contribution in [0.25, 0.3) is 5.76 Å². The van der Waals surface area contributed by atoms with E-state index < -0.39 is 17.7 Å². The van der Waals surface area contributed by atoms with Crippen LogP contribution in [0.1, 0.15) is 36.2 Å². The standard InChI is InChI=1S/C26H24N2O4/c1-2-15-32-21-13-8-11-19(16-21)24(29)22-23(18-9-4-3-5-10-18)28(26(31)25(22)30)17-20-12-6-7-14-27-20/h3-14,16,23,29H,2,15,17H2,1H3/b24-22-. The van der Waals surface area contributed by atoms with E-state index in [-0.39, 0.29) is 17.9 Å². The first-order chi connectivity index (χ1) is 15.6. The summed E-state index contributed by atoms with van der Waals surface area (Å²) in [5.74, 6) is -1.01. The minimum absolute atomic E-state index is 0.0600. The first-order valence-electron chi connectivity index (χ1n) is 10.6. The summed E-state index contributed by atoms with van der Waals surface area (Å²) in [5.41, 5.74) is 1.88. The Hall–Kier alpha value is -3.93. The van der Waals surface area contributed by atoms with Crippen molar-refractivity contribution in [2.75, 3.05) is 6.61 Å². The lowest BCUT2D eigenvalue weighted by Gasteiger charge is -2.25. The Balaban J connectivity index is 1.80. The number of pyridine rings is 1. The second-order valence-corrected chi connectivity index (χ2v) is 7.54. The molecule has 0 saturated carbocycles. The minimum Gasteiger partial charge on any atom is -0.507 e. The van der Waals surface area contributed by atoms with Gasteiger partial charge in [-0.3, -0.25) is 14.6 Å². The van der Waals surface area contributed by atoms with Gasteiger partial charge in [0.25, 0.3) is 11.7 Å². The number of hydrogen-bond acceptors (Lipinski definition) is 5. The van der Waals surface area contributed by atoms with Crippen molar-refractivity contribution < 1.29 is 19.4 Å². The molecule has 162 valence electrons. The van der Waals surface area contributed by atoms with Crippen molar-refractivity contribution in [3.8, 4) is 5.75 Å². The van der Waals surface area contributed by atoms with Crippen LogP contribution in [0.15, 0.2) is 84.6 Å². The minimum atomic E-state index is -0.724. The number of aromatic nitrogens is 1. The highest BCUT2D eigenvalue weighted by Crippen LogP contribution is 2.40. The molecule has 6 nitrogen and oxygen atoms in total. The summed E-state index contributed by atoms with van der Waals surface area (Å²) in [5, 5.41) is 11.2. The Labute approximate surface area is 186 Å². The van der Waals surface area contributed by atoms with Gasteiger partial charge < -0.3 is 14.7 Å². The number of aliphatic hydroxyl groups is 1. The van der Waals surface area contributed by atoms with Gasteiger partial charge in [0.1, 0.15) is 11.5 Å². The maximum absolute atomic E-state index is 13.1. The Morgan fingerprint density at radius 1 is 1.03 bits per heavy atom. The monoisotopic (exact) mass is 428 g/mol. The fourth-order valence-corrected chi connectivity index (χ4v) is 3.80. The molecule has 2 heterocycles. The Kier molecular flexibility index (Phi) is 6.31. The molecule has 6 heteroatoms. The number of benzene rings is 2. The molecule has 0 radical (unpaired) electrons. The molecule has 1 N–H and O–H groups in total. The Morgan fingerprint density at radius 2 is 1.81 bits per heavy atom. The zero-order valence-electron chi connectivity index (χ0n) is 17.8. The van der Waals surface area contributed by atoms with E-state index in [1.807, 2.05) is 43.3 Å². The van der Waals surface area contributed by atoms with E-state index in [9.17, 15) is 14.7 Å². The predicted octanol–water partition coefficient (Wildman–Crippen LogP) is 4.49. The zero-order chi connectivity index (χ0) is 22.5. The van der Waals surface area contributed by atoms with Crippen molar-refractivity contribution in [3.63, 3.8) is 0 Å². The van der Waals surface area contributed by atoms with E-state index in [1.54, 1.807) is 42.6 Å². The van der Waals surface area contributed by atoms with Gasteiger partial charge in [-0.15, -0.1) is 0 Å². The Bertz CT molecular complexity index is 1140. The summed E-state index contributed by atoms with van der Waals surface area (Å²) >= 11 is 0. The molecular formula is C26H24N2O4. The zero-order valence-corrected chi connectivity index (χ0v) is 17.8. The average Bonchev–Trinajstić information content (AvgIpc) is 3.08. The summed E-state index contributed by atoms with van der Waals surface area (Å²) in [4.78, 5) is 31.9. The first kappa shape index (κ1) is 21.3. The molecule has 1 unspecified atom stereocenters. The molecule has 1 aliphatic rings. The van der Waals surface area contributed by atoms with Crippen LogP contribution in [-0.2, 0) is 16.1 Å². The van der Waals surface area contributed by atoms with E-state index in [0.717, 1.165) is 12.0 Å². The van der Waals surface area contributed by atoms with Crippen LogP contribution in [0.3, 0.4) is 0 Å². The second-order valence-electron chi connectivity index (χ2n) is 7.54. The highest BCUT2D eigenvalue weighted by molar-refractivity contribution is 6.46.